The van der Waals surface area contributed by atoms with Crippen LogP contribution in [0.1, 0.15) is 18.4 Å². The largest absolute Gasteiger partial charge is 0.358 e. The number of carbonyl (C=O) groups excluding carboxylic acids is 1. The predicted molar refractivity (Wildman–Crippen MR) is 71.8 cm³/mol. The molecule has 1 aliphatic carbocycles. The van der Waals surface area contributed by atoms with E-state index < -0.39 is 0 Å². The van der Waals surface area contributed by atoms with E-state index in [2.05, 4.69) is 10.6 Å². The highest BCUT2D eigenvalue weighted by atomic mass is 35.5. The van der Waals surface area contributed by atoms with Gasteiger partial charge in [-0.3, -0.25) is 4.79 Å². The van der Waals surface area contributed by atoms with Crippen molar-refractivity contribution < 1.29 is 4.79 Å². The van der Waals surface area contributed by atoms with Crippen molar-refractivity contribution in [3.05, 3.63) is 34.9 Å². The fourth-order valence-corrected chi connectivity index (χ4v) is 1.80. The number of carbonyl (C=O) groups is 1. The highest BCUT2D eigenvalue weighted by Crippen LogP contribution is 2.28. The van der Waals surface area contributed by atoms with E-state index in [1.807, 2.05) is 24.3 Å². The zero-order valence-corrected chi connectivity index (χ0v) is 10.8. The Bertz CT molecular complexity index is 446. The second-order valence-electron chi connectivity index (χ2n) is 4.04. The fourth-order valence-electron chi connectivity index (χ4n) is 1.42. The molecule has 1 fully saturated rings. The monoisotopic (exact) mass is 268 g/mol. The van der Waals surface area contributed by atoms with E-state index in [1.165, 1.54) is 0 Å². The van der Waals surface area contributed by atoms with Crippen LogP contribution in [-0.2, 0) is 11.3 Å². The van der Waals surface area contributed by atoms with Crippen LogP contribution in [0.15, 0.2) is 24.3 Å². The van der Waals surface area contributed by atoms with Crippen LogP contribution < -0.4 is 10.6 Å². The molecule has 0 aromatic heterocycles. The molecule has 1 aliphatic rings. The van der Waals surface area contributed by atoms with E-state index in [9.17, 15) is 4.79 Å². The molecule has 1 amide bonds. The van der Waals surface area contributed by atoms with Gasteiger partial charge in [0.1, 0.15) is 0 Å². The summed E-state index contributed by atoms with van der Waals surface area (Å²) in [6.07, 6.45) is 1.94. The van der Waals surface area contributed by atoms with Gasteiger partial charge in [0.05, 0.1) is 0 Å². The van der Waals surface area contributed by atoms with Gasteiger partial charge in [-0.2, -0.15) is 0 Å². The summed E-state index contributed by atoms with van der Waals surface area (Å²) in [6.45, 7) is 0.517. The number of hydrogen-bond acceptors (Lipinski definition) is 2. The molecular weight excluding hydrogens is 256 g/mol. The number of thiocarbonyl (C=S) groups is 1. The highest BCUT2D eigenvalue weighted by molar-refractivity contribution is 7.80. The van der Waals surface area contributed by atoms with Crippen molar-refractivity contribution in [3.8, 4) is 0 Å². The molecule has 0 heterocycles. The van der Waals surface area contributed by atoms with Crippen molar-refractivity contribution in [2.75, 3.05) is 0 Å². The molecule has 90 valence electrons. The van der Waals surface area contributed by atoms with Gasteiger partial charge in [-0.15, -0.1) is 0 Å². The summed E-state index contributed by atoms with van der Waals surface area (Å²) < 4.78 is 0. The molecule has 0 bridgehead atoms. The van der Waals surface area contributed by atoms with Crippen molar-refractivity contribution >= 4 is 34.8 Å². The molecule has 0 atom stereocenters. The lowest BCUT2D eigenvalue weighted by Crippen LogP contribution is -2.39. The molecule has 5 heteroatoms. The summed E-state index contributed by atoms with van der Waals surface area (Å²) in [5.74, 6) is 0.178. The maximum Gasteiger partial charge on any atom is 0.229 e. The number of rotatable bonds is 3. The molecule has 1 aromatic rings. The standard InChI is InChI=1S/C12H13ClN2OS/c13-10-4-2-1-3-9(10)7-14-12(17)15-11(16)8-5-6-8/h1-4,8H,5-7H2,(H2,14,15,16,17). The van der Waals surface area contributed by atoms with Gasteiger partial charge in [-0.05, 0) is 36.7 Å². The molecule has 3 nitrogen and oxygen atoms in total. The van der Waals surface area contributed by atoms with Crippen molar-refractivity contribution in [2.45, 2.75) is 19.4 Å². The molecule has 2 N–H and O–H groups in total. The van der Waals surface area contributed by atoms with Crippen LogP contribution in [0.3, 0.4) is 0 Å². The lowest BCUT2D eigenvalue weighted by atomic mass is 10.2. The minimum Gasteiger partial charge on any atom is -0.358 e. The van der Waals surface area contributed by atoms with Gasteiger partial charge >= 0.3 is 0 Å². The van der Waals surface area contributed by atoms with Gasteiger partial charge in [0.2, 0.25) is 5.91 Å². The Morgan fingerprint density at radius 3 is 2.76 bits per heavy atom. The molecule has 1 aromatic carbocycles. The summed E-state index contributed by atoms with van der Waals surface area (Å²) >= 11 is 11.0. The predicted octanol–water partition coefficient (Wildman–Crippen LogP) is 2.24. The van der Waals surface area contributed by atoms with E-state index in [1.54, 1.807) is 0 Å². The lowest BCUT2D eigenvalue weighted by molar-refractivity contribution is -0.120. The normalized spacial score (nSPS) is 14.2. The summed E-state index contributed by atoms with van der Waals surface area (Å²) in [5, 5.41) is 6.69. The third kappa shape index (κ3) is 3.68. The van der Waals surface area contributed by atoms with E-state index in [0.717, 1.165) is 18.4 Å². The van der Waals surface area contributed by atoms with Crippen molar-refractivity contribution in [3.63, 3.8) is 0 Å². The van der Waals surface area contributed by atoms with Crippen LogP contribution in [-0.4, -0.2) is 11.0 Å². The smallest absolute Gasteiger partial charge is 0.229 e. The topological polar surface area (TPSA) is 41.1 Å². The maximum absolute atomic E-state index is 11.4. The van der Waals surface area contributed by atoms with Crippen LogP contribution in [0.5, 0.6) is 0 Å². The van der Waals surface area contributed by atoms with Crippen LogP contribution >= 0.6 is 23.8 Å². The van der Waals surface area contributed by atoms with Crippen molar-refractivity contribution in [1.29, 1.82) is 0 Å². The summed E-state index contributed by atoms with van der Waals surface area (Å²) in [7, 11) is 0. The second-order valence-corrected chi connectivity index (χ2v) is 4.85. The van der Waals surface area contributed by atoms with E-state index in [-0.39, 0.29) is 11.8 Å². The molecule has 17 heavy (non-hydrogen) atoms. The Kier molecular flexibility index (Phi) is 3.97. The van der Waals surface area contributed by atoms with Gasteiger partial charge in [0.15, 0.2) is 5.11 Å². The second kappa shape index (κ2) is 5.47. The van der Waals surface area contributed by atoms with Gasteiger partial charge in [0.25, 0.3) is 0 Å². The first-order chi connectivity index (χ1) is 8.16. The zero-order chi connectivity index (χ0) is 12.3. The van der Waals surface area contributed by atoms with Gasteiger partial charge in [-0.25, -0.2) is 0 Å². The Balaban J connectivity index is 1.79. The third-order valence-corrected chi connectivity index (χ3v) is 3.20. The summed E-state index contributed by atoms with van der Waals surface area (Å²) in [5.41, 5.74) is 0.956. The fraction of sp³-hybridized carbons (Fsp3) is 0.333. The quantitative estimate of drug-likeness (QED) is 0.826. The minimum atomic E-state index is 0.0154. The molecule has 0 unspecified atom stereocenters. The summed E-state index contributed by atoms with van der Waals surface area (Å²) in [6, 6.07) is 7.53. The molecule has 0 radical (unpaired) electrons. The van der Waals surface area contributed by atoms with Gasteiger partial charge < -0.3 is 10.6 Å². The van der Waals surface area contributed by atoms with Crippen molar-refractivity contribution in [2.24, 2.45) is 5.92 Å². The Morgan fingerprint density at radius 1 is 1.41 bits per heavy atom. The number of halogens is 1. The molecule has 1 saturated carbocycles. The lowest BCUT2D eigenvalue weighted by Gasteiger charge is -2.10. The van der Waals surface area contributed by atoms with Crippen LogP contribution in [0.4, 0.5) is 0 Å². The first-order valence-electron chi connectivity index (χ1n) is 5.49. The SMILES string of the molecule is O=C(NC(=S)NCc1ccccc1Cl)C1CC1. The number of hydrogen-bond donors (Lipinski definition) is 2. The van der Waals surface area contributed by atoms with Gasteiger partial charge in [0, 0.05) is 17.5 Å². The molecular formula is C12H13ClN2OS. The number of benzene rings is 1. The highest BCUT2D eigenvalue weighted by Gasteiger charge is 2.29. The summed E-state index contributed by atoms with van der Waals surface area (Å²) in [4.78, 5) is 11.4. The average Bonchev–Trinajstić information content (AvgIpc) is 3.11. The molecule has 0 spiro atoms. The molecule has 0 saturated heterocycles. The maximum atomic E-state index is 11.4. The van der Waals surface area contributed by atoms with Crippen LogP contribution in [0.25, 0.3) is 0 Å². The van der Waals surface area contributed by atoms with E-state index >= 15 is 0 Å². The number of nitrogens with one attached hydrogen (secondary N) is 2. The Labute approximate surface area is 111 Å². The third-order valence-electron chi connectivity index (χ3n) is 2.58. The first kappa shape index (κ1) is 12.3. The van der Waals surface area contributed by atoms with E-state index in [4.69, 9.17) is 23.8 Å². The molecule has 0 aliphatic heterocycles. The zero-order valence-electron chi connectivity index (χ0n) is 9.20. The Hall–Kier alpha value is -1.13. The minimum absolute atomic E-state index is 0.0154. The van der Waals surface area contributed by atoms with Crippen molar-refractivity contribution in [1.82, 2.24) is 10.6 Å². The molecule has 2 rings (SSSR count). The van der Waals surface area contributed by atoms with Gasteiger partial charge in [-0.1, -0.05) is 29.8 Å². The number of amides is 1. The Morgan fingerprint density at radius 2 is 2.12 bits per heavy atom. The van der Waals surface area contributed by atoms with Crippen LogP contribution in [0.2, 0.25) is 5.02 Å². The van der Waals surface area contributed by atoms with Crippen LogP contribution in [0, 0.1) is 5.92 Å². The average molecular weight is 269 g/mol. The van der Waals surface area contributed by atoms with E-state index in [0.29, 0.717) is 16.7 Å². The first-order valence-corrected chi connectivity index (χ1v) is 6.27.